The lowest BCUT2D eigenvalue weighted by atomic mass is 10.1. The highest BCUT2D eigenvalue weighted by Crippen LogP contribution is 2.19. The topological polar surface area (TPSA) is 65.5 Å². The minimum Gasteiger partial charge on any atom is -0.462 e. The number of cyclic esters (lactones) is 2. The summed E-state index contributed by atoms with van der Waals surface area (Å²) in [4.78, 5) is 29.0. The van der Waals surface area contributed by atoms with E-state index in [0.29, 0.717) is 32.1 Å². The van der Waals surface area contributed by atoms with Gasteiger partial charge in [0, 0.05) is 31.1 Å². The predicted octanol–water partition coefficient (Wildman–Crippen LogP) is 5.67. The van der Waals surface area contributed by atoms with Crippen LogP contribution in [0.25, 0.3) is 0 Å². The van der Waals surface area contributed by atoms with Crippen molar-refractivity contribution in [2.24, 2.45) is 0 Å². The number of fused-ring (bicyclic) bond motifs is 2. The monoisotopic (exact) mass is 483 g/mol. The maximum absolute atomic E-state index is 12.3. The number of carbonyl (C=O) groups is 2. The van der Waals surface area contributed by atoms with Gasteiger partial charge in [-0.25, -0.2) is 4.98 Å². The molecule has 0 fully saturated rings. The number of nitrogens with zero attached hydrogens (tertiary/aromatic N) is 1. The van der Waals surface area contributed by atoms with E-state index in [1.165, 1.54) is 0 Å². The summed E-state index contributed by atoms with van der Waals surface area (Å²) in [5.41, 5.74) is 2.13. The molecule has 1 aliphatic heterocycles. The first-order chi connectivity index (χ1) is 13.8. The zero-order valence-electron chi connectivity index (χ0n) is 17.4. The van der Waals surface area contributed by atoms with Gasteiger partial charge >= 0.3 is 11.9 Å². The smallest absolute Gasteiger partial charge is 0.306 e. The van der Waals surface area contributed by atoms with Gasteiger partial charge < -0.3 is 9.47 Å². The van der Waals surface area contributed by atoms with Crippen LogP contribution in [0.15, 0.2) is 27.6 Å². The van der Waals surface area contributed by atoms with Crippen LogP contribution in [0.5, 0.6) is 0 Å². The van der Waals surface area contributed by atoms with Crippen molar-refractivity contribution in [3.63, 3.8) is 0 Å². The number of aromatic nitrogens is 1. The molecule has 0 spiro atoms. The maximum atomic E-state index is 12.3. The number of halogens is 1. The number of hydrogen-bond acceptors (Lipinski definition) is 6. The SMILES string of the molecule is C/C(Br)=C\C1Cc2nc(cs2)CCCCC(=O)OC(C)C/C(C)=C/CCC(=O)O1. The third-order valence-corrected chi connectivity index (χ3v) is 5.70. The van der Waals surface area contributed by atoms with E-state index in [-0.39, 0.29) is 24.1 Å². The van der Waals surface area contributed by atoms with E-state index < -0.39 is 0 Å². The largest absolute Gasteiger partial charge is 0.462 e. The van der Waals surface area contributed by atoms with Crippen LogP contribution in [0.3, 0.4) is 0 Å². The Balaban J connectivity index is 2.10. The number of carbonyl (C=O) groups excluding carboxylic acids is 2. The first kappa shape index (κ1) is 23.8. The molecule has 160 valence electrons. The van der Waals surface area contributed by atoms with Gasteiger partial charge in [-0.1, -0.05) is 27.6 Å². The fourth-order valence-corrected chi connectivity index (χ4v) is 4.39. The molecule has 0 aliphatic carbocycles. The van der Waals surface area contributed by atoms with E-state index >= 15 is 0 Å². The minimum absolute atomic E-state index is 0.148. The quantitative estimate of drug-likeness (QED) is 0.380. The molecule has 2 rings (SSSR count). The number of allylic oxidation sites excluding steroid dienone is 2. The summed E-state index contributed by atoms with van der Waals surface area (Å²) >= 11 is 5.02. The zero-order chi connectivity index (χ0) is 21.2. The summed E-state index contributed by atoms with van der Waals surface area (Å²) in [6.45, 7) is 5.83. The van der Waals surface area contributed by atoms with Gasteiger partial charge in [0.2, 0.25) is 0 Å². The molecular weight excluding hydrogens is 454 g/mol. The Labute approximate surface area is 185 Å². The van der Waals surface area contributed by atoms with E-state index in [0.717, 1.165) is 40.0 Å². The molecule has 0 aromatic carbocycles. The van der Waals surface area contributed by atoms with Crippen molar-refractivity contribution in [3.05, 3.63) is 38.3 Å². The van der Waals surface area contributed by atoms with Crippen LogP contribution in [0, 0.1) is 0 Å². The number of ether oxygens (including phenoxy) is 2. The third kappa shape index (κ3) is 9.72. The average molecular weight is 484 g/mol. The lowest BCUT2D eigenvalue weighted by Gasteiger charge is -2.14. The van der Waals surface area contributed by atoms with Crippen LogP contribution < -0.4 is 0 Å². The van der Waals surface area contributed by atoms with Gasteiger partial charge in [0.1, 0.15) is 12.2 Å². The molecule has 0 radical (unpaired) electrons. The summed E-state index contributed by atoms with van der Waals surface area (Å²) in [6.07, 6.45) is 8.56. The summed E-state index contributed by atoms with van der Waals surface area (Å²) in [5, 5.41) is 3.00. The van der Waals surface area contributed by atoms with Crippen molar-refractivity contribution in [3.8, 4) is 0 Å². The second-order valence-corrected chi connectivity index (χ2v) is 9.71. The van der Waals surface area contributed by atoms with Crippen molar-refractivity contribution >= 4 is 39.2 Å². The van der Waals surface area contributed by atoms with E-state index in [4.69, 9.17) is 9.47 Å². The molecule has 0 saturated carbocycles. The number of thiazole rings is 1. The first-order valence-corrected chi connectivity index (χ1v) is 11.8. The van der Waals surface area contributed by atoms with Gasteiger partial charge in [-0.15, -0.1) is 11.3 Å². The van der Waals surface area contributed by atoms with Crippen LogP contribution in [-0.4, -0.2) is 29.1 Å². The number of aryl methyl sites for hydroxylation is 1. The van der Waals surface area contributed by atoms with Gasteiger partial charge in [0.05, 0.1) is 10.7 Å². The average Bonchev–Trinajstić information content (AvgIpc) is 3.04. The normalized spacial score (nSPS) is 25.7. The lowest BCUT2D eigenvalue weighted by Crippen LogP contribution is -2.18. The highest BCUT2D eigenvalue weighted by atomic mass is 79.9. The Morgan fingerprint density at radius 1 is 1.17 bits per heavy atom. The molecule has 2 unspecified atom stereocenters. The Morgan fingerprint density at radius 2 is 1.90 bits per heavy atom. The molecule has 2 bridgehead atoms. The summed E-state index contributed by atoms with van der Waals surface area (Å²) in [5.74, 6) is -0.372. The van der Waals surface area contributed by atoms with Crippen molar-refractivity contribution in [2.75, 3.05) is 0 Å². The zero-order valence-corrected chi connectivity index (χ0v) is 19.8. The van der Waals surface area contributed by atoms with Crippen LogP contribution >= 0.6 is 27.3 Å². The second-order valence-electron chi connectivity index (χ2n) is 7.52. The molecule has 7 heteroatoms. The number of rotatable bonds is 1. The van der Waals surface area contributed by atoms with Gasteiger partial charge in [-0.05, 0) is 57.0 Å². The molecule has 1 aromatic rings. The molecule has 29 heavy (non-hydrogen) atoms. The van der Waals surface area contributed by atoms with Crippen molar-refractivity contribution in [1.29, 1.82) is 0 Å². The Bertz CT molecular complexity index is 752. The molecule has 5 nitrogen and oxygen atoms in total. The second kappa shape index (κ2) is 12.3. The van der Waals surface area contributed by atoms with E-state index in [2.05, 4.69) is 20.9 Å². The molecule has 0 saturated heterocycles. The van der Waals surface area contributed by atoms with E-state index in [1.807, 2.05) is 38.3 Å². The molecule has 2 heterocycles. The van der Waals surface area contributed by atoms with Crippen LogP contribution in [0.1, 0.15) is 70.0 Å². The molecule has 0 N–H and O–H groups in total. The highest BCUT2D eigenvalue weighted by molar-refractivity contribution is 9.11. The van der Waals surface area contributed by atoms with E-state index in [9.17, 15) is 9.59 Å². The standard InChI is InChI=1S/C22H30BrNO4S/c1-15-7-6-10-22(26)28-19(12-16(2)23)13-20-24-18(14-29-20)8-4-5-9-21(25)27-17(3)11-15/h7,12,14,17,19H,4-6,8-11,13H2,1-3H3/b15-7+,16-12+. The Morgan fingerprint density at radius 3 is 2.66 bits per heavy atom. The predicted molar refractivity (Wildman–Crippen MR) is 119 cm³/mol. The van der Waals surface area contributed by atoms with Gasteiger partial charge in [-0.3, -0.25) is 9.59 Å². The summed E-state index contributed by atoms with van der Waals surface area (Å²) < 4.78 is 12.1. The molecule has 1 aliphatic rings. The van der Waals surface area contributed by atoms with Crippen molar-refractivity contribution in [1.82, 2.24) is 4.98 Å². The first-order valence-electron chi connectivity index (χ1n) is 10.1. The summed E-state index contributed by atoms with van der Waals surface area (Å²) in [6, 6.07) is 0. The maximum Gasteiger partial charge on any atom is 0.306 e. The molecule has 1 aromatic heterocycles. The fraction of sp³-hybridized carbons (Fsp3) is 0.591. The van der Waals surface area contributed by atoms with Gasteiger partial charge in [0.15, 0.2) is 0 Å². The fourth-order valence-electron chi connectivity index (χ4n) is 3.22. The summed E-state index contributed by atoms with van der Waals surface area (Å²) in [7, 11) is 0. The third-order valence-electron chi connectivity index (χ3n) is 4.52. The van der Waals surface area contributed by atoms with Crippen LogP contribution in [-0.2, 0) is 31.9 Å². The van der Waals surface area contributed by atoms with E-state index in [1.54, 1.807) is 11.3 Å². The highest BCUT2D eigenvalue weighted by Gasteiger charge is 2.16. The van der Waals surface area contributed by atoms with Crippen molar-refractivity contribution < 1.29 is 19.1 Å². The number of hydrogen-bond donors (Lipinski definition) is 0. The van der Waals surface area contributed by atoms with Crippen LogP contribution in [0.2, 0.25) is 0 Å². The lowest BCUT2D eigenvalue weighted by molar-refractivity contribution is -0.148. The van der Waals surface area contributed by atoms with Crippen molar-refractivity contribution in [2.45, 2.75) is 84.3 Å². The Hall–Kier alpha value is -1.47. The minimum atomic E-state index is -0.334. The van der Waals surface area contributed by atoms with Gasteiger partial charge in [-0.2, -0.15) is 0 Å². The van der Waals surface area contributed by atoms with Gasteiger partial charge in [0.25, 0.3) is 0 Å². The molecular formula is C22H30BrNO4S. The Kier molecular flexibility index (Phi) is 10.1. The molecule has 2 atom stereocenters. The number of esters is 2. The molecule has 0 amide bonds. The van der Waals surface area contributed by atoms with Crippen LogP contribution in [0.4, 0.5) is 0 Å².